The molecule has 2 aromatic rings. The molecule has 0 saturated heterocycles. The fourth-order valence-electron chi connectivity index (χ4n) is 1.84. The maximum atomic E-state index is 12.7. The van der Waals surface area contributed by atoms with Crippen molar-refractivity contribution in [3.05, 3.63) is 57.8 Å². The summed E-state index contributed by atoms with van der Waals surface area (Å²) in [7, 11) is 0. The fraction of sp³-hybridized carbons (Fsp3) is 0.214. The second-order valence-electron chi connectivity index (χ2n) is 4.20. The summed E-state index contributed by atoms with van der Waals surface area (Å²) >= 11 is 1.50. The van der Waals surface area contributed by atoms with Crippen LogP contribution in [0.2, 0.25) is 0 Å². The highest BCUT2D eigenvalue weighted by Crippen LogP contribution is 2.23. The summed E-state index contributed by atoms with van der Waals surface area (Å²) in [6.07, 6.45) is -2.61. The average molecular weight is 297 g/mol. The Bertz CT molecular complexity index is 572. The minimum atomic E-state index is -2.61. The maximum Gasteiger partial charge on any atom is 0.325 e. The first-order valence-electron chi connectivity index (χ1n) is 5.94. The Kier molecular flexibility index (Phi) is 4.81. The van der Waals surface area contributed by atoms with Crippen molar-refractivity contribution in [3.63, 3.8) is 0 Å². The van der Waals surface area contributed by atoms with E-state index in [1.165, 1.54) is 35.6 Å². The number of halogens is 2. The van der Waals surface area contributed by atoms with E-state index in [4.69, 9.17) is 0 Å². The van der Waals surface area contributed by atoms with Gasteiger partial charge in [0.05, 0.1) is 0 Å². The summed E-state index contributed by atoms with van der Waals surface area (Å²) in [5.41, 5.74) is 0.151. The molecule has 0 aliphatic rings. The van der Waals surface area contributed by atoms with Gasteiger partial charge in [0.25, 0.3) is 6.43 Å². The number of carboxylic acids is 1. The average Bonchev–Trinajstić information content (AvgIpc) is 2.92. The second kappa shape index (κ2) is 6.58. The molecule has 0 spiro atoms. The maximum absolute atomic E-state index is 12.7. The minimum Gasteiger partial charge on any atom is -0.480 e. The molecule has 106 valence electrons. The van der Waals surface area contributed by atoms with Crippen LogP contribution in [0.1, 0.15) is 28.5 Å². The van der Waals surface area contributed by atoms with Crippen LogP contribution in [0.4, 0.5) is 8.78 Å². The molecule has 0 bridgehead atoms. The Balaban J connectivity index is 2.15. The van der Waals surface area contributed by atoms with Crippen LogP contribution in [-0.2, 0) is 11.3 Å². The van der Waals surface area contributed by atoms with Crippen molar-refractivity contribution in [2.75, 3.05) is 0 Å². The molecule has 0 radical (unpaired) electrons. The van der Waals surface area contributed by atoms with E-state index >= 15 is 0 Å². The van der Waals surface area contributed by atoms with E-state index in [-0.39, 0.29) is 5.56 Å². The summed E-state index contributed by atoms with van der Waals surface area (Å²) in [5, 5.41) is 14.0. The number of rotatable bonds is 6. The van der Waals surface area contributed by atoms with Crippen LogP contribution in [0.25, 0.3) is 0 Å². The molecule has 0 aliphatic carbocycles. The topological polar surface area (TPSA) is 49.3 Å². The van der Waals surface area contributed by atoms with Gasteiger partial charge < -0.3 is 5.11 Å². The van der Waals surface area contributed by atoms with Crippen molar-refractivity contribution < 1.29 is 18.7 Å². The number of benzene rings is 1. The SMILES string of the molecule is O=C(O)C(NCc1cccs1)c1cccc(C(F)F)c1. The largest absolute Gasteiger partial charge is 0.480 e. The number of carboxylic acid groups (broad SMARTS) is 1. The number of alkyl halides is 2. The molecule has 1 atom stereocenters. The Hall–Kier alpha value is -1.79. The summed E-state index contributed by atoms with van der Waals surface area (Å²) in [5.74, 6) is -1.09. The van der Waals surface area contributed by atoms with Crippen molar-refractivity contribution in [3.8, 4) is 0 Å². The molecule has 2 rings (SSSR count). The van der Waals surface area contributed by atoms with Gasteiger partial charge in [0.15, 0.2) is 0 Å². The van der Waals surface area contributed by atoms with Crippen LogP contribution in [0, 0.1) is 0 Å². The summed E-state index contributed by atoms with van der Waals surface area (Å²) in [6, 6.07) is 8.24. The van der Waals surface area contributed by atoms with Crippen LogP contribution in [0.5, 0.6) is 0 Å². The van der Waals surface area contributed by atoms with Gasteiger partial charge in [-0.2, -0.15) is 0 Å². The van der Waals surface area contributed by atoms with Crippen LogP contribution in [-0.4, -0.2) is 11.1 Å². The first kappa shape index (κ1) is 14.6. The Morgan fingerprint density at radius 2 is 2.00 bits per heavy atom. The molecular formula is C14H13F2NO2S. The Labute approximate surface area is 118 Å². The zero-order valence-corrected chi connectivity index (χ0v) is 11.2. The highest BCUT2D eigenvalue weighted by atomic mass is 32.1. The molecule has 0 amide bonds. The second-order valence-corrected chi connectivity index (χ2v) is 5.23. The van der Waals surface area contributed by atoms with Crippen LogP contribution < -0.4 is 5.32 Å². The molecule has 6 heteroatoms. The Morgan fingerprint density at radius 3 is 2.60 bits per heavy atom. The fourth-order valence-corrected chi connectivity index (χ4v) is 2.49. The lowest BCUT2D eigenvalue weighted by Crippen LogP contribution is -2.27. The molecule has 1 aromatic carbocycles. The number of hydrogen-bond donors (Lipinski definition) is 2. The van der Waals surface area contributed by atoms with Gasteiger partial charge in [0.1, 0.15) is 6.04 Å². The van der Waals surface area contributed by atoms with Crippen molar-refractivity contribution in [1.29, 1.82) is 0 Å². The van der Waals surface area contributed by atoms with E-state index in [1.807, 2.05) is 17.5 Å². The number of nitrogens with one attached hydrogen (secondary N) is 1. The van der Waals surface area contributed by atoms with Gasteiger partial charge in [0.2, 0.25) is 0 Å². The van der Waals surface area contributed by atoms with Crippen LogP contribution in [0.15, 0.2) is 41.8 Å². The third-order valence-electron chi connectivity index (χ3n) is 2.80. The molecule has 1 aromatic heterocycles. The van der Waals surface area contributed by atoms with Gasteiger partial charge in [0, 0.05) is 17.0 Å². The molecule has 0 aliphatic heterocycles. The highest BCUT2D eigenvalue weighted by molar-refractivity contribution is 7.09. The van der Waals surface area contributed by atoms with Crippen molar-refractivity contribution in [2.45, 2.75) is 19.0 Å². The van der Waals surface area contributed by atoms with Crippen LogP contribution in [0.3, 0.4) is 0 Å². The zero-order valence-electron chi connectivity index (χ0n) is 10.4. The molecule has 20 heavy (non-hydrogen) atoms. The van der Waals surface area contributed by atoms with E-state index in [2.05, 4.69) is 5.32 Å². The highest BCUT2D eigenvalue weighted by Gasteiger charge is 2.20. The van der Waals surface area contributed by atoms with Crippen molar-refractivity contribution in [2.24, 2.45) is 0 Å². The number of aliphatic carboxylic acids is 1. The van der Waals surface area contributed by atoms with Crippen LogP contribution >= 0.6 is 11.3 Å². The lowest BCUT2D eigenvalue weighted by molar-refractivity contribution is -0.139. The van der Waals surface area contributed by atoms with Crippen molar-refractivity contribution >= 4 is 17.3 Å². The normalized spacial score (nSPS) is 12.6. The van der Waals surface area contributed by atoms with E-state index in [0.717, 1.165) is 4.88 Å². The summed E-state index contributed by atoms with van der Waals surface area (Å²) in [6.45, 7) is 0.382. The third kappa shape index (κ3) is 3.61. The molecule has 0 fully saturated rings. The first-order valence-corrected chi connectivity index (χ1v) is 6.82. The summed E-state index contributed by atoms with van der Waals surface area (Å²) in [4.78, 5) is 12.3. The zero-order chi connectivity index (χ0) is 14.5. The molecule has 3 nitrogen and oxygen atoms in total. The van der Waals surface area contributed by atoms with Crippen molar-refractivity contribution in [1.82, 2.24) is 5.32 Å². The number of carbonyl (C=O) groups is 1. The van der Waals surface area contributed by atoms with Gasteiger partial charge in [-0.3, -0.25) is 10.1 Å². The first-order chi connectivity index (χ1) is 9.58. The quantitative estimate of drug-likeness (QED) is 0.856. The van der Waals surface area contributed by atoms with Gasteiger partial charge in [-0.05, 0) is 23.1 Å². The van der Waals surface area contributed by atoms with Gasteiger partial charge in [-0.15, -0.1) is 11.3 Å². The summed E-state index contributed by atoms with van der Waals surface area (Å²) < 4.78 is 25.3. The lowest BCUT2D eigenvalue weighted by Gasteiger charge is -2.15. The Morgan fingerprint density at radius 1 is 1.25 bits per heavy atom. The van der Waals surface area contributed by atoms with Gasteiger partial charge in [-0.1, -0.05) is 24.3 Å². The van der Waals surface area contributed by atoms with E-state index in [0.29, 0.717) is 12.1 Å². The lowest BCUT2D eigenvalue weighted by atomic mass is 10.0. The molecule has 1 heterocycles. The standard InChI is InChI=1S/C14H13F2NO2S/c15-13(16)10-4-1-3-9(7-10)12(14(18)19)17-8-11-5-2-6-20-11/h1-7,12-13,17H,8H2,(H,18,19). The predicted octanol–water partition coefficient (Wildman–Crippen LogP) is 3.60. The van der Waals surface area contributed by atoms with Gasteiger partial charge in [-0.25, -0.2) is 8.78 Å². The minimum absolute atomic E-state index is 0.174. The molecule has 0 saturated carbocycles. The van der Waals surface area contributed by atoms with E-state index in [9.17, 15) is 18.7 Å². The van der Waals surface area contributed by atoms with E-state index in [1.54, 1.807) is 0 Å². The van der Waals surface area contributed by atoms with Gasteiger partial charge >= 0.3 is 5.97 Å². The molecular weight excluding hydrogens is 284 g/mol. The predicted molar refractivity (Wildman–Crippen MR) is 72.9 cm³/mol. The molecule has 2 N–H and O–H groups in total. The number of thiophene rings is 1. The monoisotopic (exact) mass is 297 g/mol. The molecule has 1 unspecified atom stereocenters. The van der Waals surface area contributed by atoms with E-state index < -0.39 is 18.4 Å². The third-order valence-corrected chi connectivity index (χ3v) is 3.68. The smallest absolute Gasteiger partial charge is 0.325 e. The number of hydrogen-bond acceptors (Lipinski definition) is 3.